The lowest BCUT2D eigenvalue weighted by molar-refractivity contribution is -0.137. The predicted octanol–water partition coefficient (Wildman–Crippen LogP) is 1.73. The molecule has 0 unspecified atom stereocenters. The molecule has 1 heterocycles. The monoisotopic (exact) mass is 471 g/mol. The average molecular weight is 471 g/mol. The summed E-state index contributed by atoms with van der Waals surface area (Å²) >= 11 is 0. The maximum atomic E-state index is 12.8. The maximum Gasteiger partial charge on any atom is 0.416 e. The fourth-order valence-corrected chi connectivity index (χ4v) is 4.47. The molecule has 0 aromatic heterocycles. The van der Waals surface area contributed by atoms with Crippen molar-refractivity contribution < 1.29 is 35.9 Å². The summed E-state index contributed by atoms with van der Waals surface area (Å²) in [4.78, 5) is 24.3. The van der Waals surface area contributed by atoms with Gasteiger partial charge >= 0.3 is 6.18 Å². The highest BCUT2D eigenvalue weighted by molar-refractivity contribution is 7.89. The number of carbonyl (C=O) groups is 2. The van der Waals surface area contributed by atoms with Crippen molar-refractivity contribution in [3.8, 4) is 0 Å². The summed E-state index contributed by atoms with van der Waals surface area (Å²) in [6, 6.07) is 9.58. The second kappa shape index (κ2) is 9.67. The smallest absolute Gasteiger partial charge is 0.379 e. The lowest BCUT2D eigenvalue weighted by atomic mass is 10.1. The molecule has 0 spiro atoms. The first-order valence-corrected chi connectivity index (χ1v) is 10.9. The topological polar surface area (TPSA) is 105 Å². The molecule has 32 heavy (non-hydrogen) atoms. The zero-order chi connectivity index (χ0) is 23.4. The number of hydrogen-bond donors (Lipinski definition) is 2. The number of nitrogens with one attached hydrogen (secondary N) is 2. The van der Waals surface area contributed by atoms with E-state index in [-0.39, 0.29) is 42.3 Å². The van der Waals surface area contributed by atoms with Gasteiger partial charge < -0.3 is 4.74 Å². The van der Waals surface area contributed by atoms with Gasteiger partial charge in [0.1, 0.15) is 0 Å². The number of nitrogens with zero attached hydrogens (tertiary/aromatic N) is 1. The molecule has 8 nitrogen and oxygen atoms in total. The van der Waals surface area contributed by atoms with Crippen molar-refractivity contribution in [2.24, 2.45) is 0 Å². The molecule has 0 atom stereocenters. The zero-order valence-corrected chi connectivity index (χ0v) is 17.5. The highest BCUT2D eigenvalue weighted by atomic mass is 32.2. The third-order valence-electron chi connectivity index (χ3n) is 4.64. The zero-order valence-electron chi connectivity index (χ0n) is 16.7. The van der Waals surface area contributed by atoms with Gasteiger partial charge in [-0.15, -0.1) is 0 Å². The van der Waals surface area contributed by atoms with E-state index in [1.54, 1.807) is 0 Å². The number of morpholine rings is 1. The van der Waals surface area contributed by atoms with Crippen molar-refractivity contribution in [2.45, 2.75) is 17.5 Å². The normalized spacial score (nSPS) is 15.2. The van der Waals surface area contributed by atoms with Crippen LogP contribution in [0.2, 0.25) is 0 Å². The minimum absolute atomic E-state index is 0.0151. The summed E-state index contributed by atoms with van der Waals surface area (Å²) in [5, 5.41) is 0. The number of ether oxygens (including phenoxy) is 1. The van der Waals surface area contributed by atoms with E-state index in [0.29, 0.717) is 0 Å². The molecule has 0 aliphatic carbocycles. The van der Waals surface area contributed by atoms with Gasteiger partial charge in [-0.1, -0.05) is 24.3 Å². The minimum atomic E-state index is -4.53. The molecular weight excluding hydrogens is 451 g/mol. The number of alkyl halides is 3. The van der Waals surface area contributed by atoms with Gasteiger partial charge in [-0.25, -0.2) is 8.42 Å². The molecule has 2 aromatic rings. The van der Waals surface area contributed by atoms with Crippen LogP contribution in [-0.4, -0.2) is 50.8 Å². The summed E-state index contributed by atoms with van der Waals surface area (Å²) < 4.78 is 70.2. The van der Waals surface area contributed by atoms with Gasteiger partial charge in [0.2, 0.25) is 15.9 Å². The quantitative estimate of drug-likeness (QED) is 0.647. The summed E-state index contributed by atoms with van der Waals surface area (Å²) in [5.41, 5.74) is 3.46. The molecule has 0 bridgehead atoms. The van der Waals surface area contributed by atoms with Crippen LogP contribution in [0.15, 0.2) is 53.4 Å². The standard InChI is InChI=1S/C20H20F3N3O5S/c21-20(22,23)16-5-1-3-14(11-16)12-18(27)24-25-19(28)15-4-2-6-17(13-15)32(29,30)26-7-9-31-10-8-26/h1-6,11,13H,7-10,12H2,(H,24,27)(H,25,28). The average Bonchev–Trinajstić information content (AvgIpc) is 2.78. The van der Waals surface area contributed by atoms with E-state index in [0.717, 1.165) is 12.1 Å². The molecule has 2 N–H and O–H groups in total. The molecule has 1 aliphatic rings. The Balaban J connectivity index is 1.62. The number of halogens is 3. The van der Waals surface area contributed by atoms with Crippen molar-refractivity contribution in [3.05, 3.63) is 65.2 Å². The van der Waals surface area contributed by atoms with E-state index in [1.165, 1.54) is 40.7 Å². The van der Waals surface area contributed by atoms with Crippen LogP contribution in [-0.2, 0) is 32.2 Å². The van der Waals surface area contributed by atoms with Crippen molar-refractivity contribution in [1.82, 2.24) is 15.2 Å². The molecule has 12 heteroatoms. The first-order chi connectivity index (χ1) is 15.1. The number of amides is 2. The van der Waals surface area contributed by atoms with Gasteiger partial charge in [-0.05, 0) is 29.8 Å². The second-order valence-corrected chi connectivity index (χ2v) is 8.86. The first-order valence-electron chi connectivity index (χ1n) is 9.50. The second-order valence-electron chi connectivity index (χ2n) is 6.92. The number of benzene rings is 2. The Kier molecular flexibility index (Phi) is 7.16. The number of hydrazine groups is 1. The van der Waals surface area contributed by atoms with E-state index in [2.05, 4.69) is 10.9 Å². The summed E-state index contributed by atoms with van der Waals surface area (Å²) in [6.45, 7) is 0.948. The number of rotatable bonds is 5. The van der Waals surface area contributed by atoms with Gasteiger partial charge in [0.25, 0.3) is 5.91 Å². The van der Waals surface area contributed by atoms with E-state index >= 15 is 0 Å². The molecule has 172 valence electrons. The minimum Gasteiger partial charge on any atom is -0.379 e. The fourth-order valence-electron chi connectivity index (χ4n) is 3.02. The predicted molar refractivity (Wildman–Crippen MR) is 107 cm³/mol. The van der Waals surface area contributed by atoms with Crippen molar-refractivity contribution >= 4 is 21.8 Å². The third kappa shape index (κ3) is 5.84. The lowest BCUT2D eigenvalue weighted by Crippen LogP contribution is -2.42. The highest BCUT2D eigenvalue weighted by Crippen LogP contribution is 2.29. The van der Waals surface area contributed by atoms with Gasteiger partial charge in [-0.2, -0.15) is 17.5 Å². The van der Waals surface area contributed by atoms with Gasteiger partial charge in [-0.3, -0.25) is 20.4 Å². The van der Waals surface area contributed by atoms with Crippen LogP contribution < -0.4 is 10.9 Å². The van der Waals surface area contributed by atoms with Crippen molar-refractivity contribution in [2.75, 3.05) is 26.3 Å². The number of carbonyl (C=O) groups excluding carboxylic acids is 2. The third-order valence-corrected chi connectivity index (χ3v) is 6.53. The van der Waals surface area contributed by atoms with Crippen LogP contribution in [0.1, 0.15) is 21.5 Å². The Morgan fingerprint density at radius 2 is 1.69 bits per heavy atom. The van der Waals surface area contributed by atoms with Crippen LogP contribution in [0.25, 0.3) is 0 Å². The molecule has 0 radical (unpaired) electrons. The van der Waals surface area contributed by atoms with E-state index in [1.807, 2.05) is 0 Å². The largest absolute Gasteiger partial charge is 0.416 e. The Labute approximate surface area is 182 Å². The van der Waals surface area contributed by atoms with E-state index in [9.17, 15) is 31.2 Å². The molecular formula is C20H20F3N3O5S. The van der Waals surface area contributed by atoms with Crippen molar-refractivity contribution in [1.29, 1.82) is 0 Å². The van der Waals surface area contributed by atoms with Crippen LogP contribution >= 0.6 is 0 Å². The first kappa shape index (κ1) is 23.7. The lowest BCUT2D eigenvalue weighted by Gasteiger charge is -2.26. The van der Waals surface area contributed by atoms with Crippen LogP contribution in [0.5, 0.6) is 0 Å². The SMILES string of the molecule is O=C(Cc1cccc(C(F)(F)F)c1)NNC(=O)c1cccc(S(=O)(=O)N2CCOCC2)c1. The Morgan fingerprint density at radius 1 is 1.00 bits per heavy atom. The van der Waals surface area contributed by atoms with Crippen molar-refractivity contribution in [3.63, 3.8) is 0 Å². The highest BCUT2D eigenvalue weighted by Gasteiger charge is 2.30. The summed E-state index contributed by atoms with van der Waals surface area (Å²) in [5.74, 6) is -1.52. The van der Waals surface area contributed by atoms with Crippen LogP contribution in [0.3, 0.4) is 0 Å². The van der Waals surface area contributed by atoms with Gasteiger partial charge in [0.15, 0.2) is 0 Å². The van der Waals surface area contributed by atoms with Crippen LogP contribution in [0.4, 0.5) is 13.2 Å². The Hall–Kier alpha value is -2.96. The van der Waals surface area contributed by atoms with Crippen LogP contribution in [0, 0.1) is 0 Å². The Bertz CT molecular complexity index is 1100. The van der Waals surface area contributed by atoms with E-state index < -0.39 is 40.0 Å². The molecule has 0 saturated carbocycles. The number of sulfonamides is 1. The van der Waals surface area contributed by atoms with E-state index in [4.69, 9.17) is 4.74 Å². The summed E-state index contributed by atoms with van der Waals surface area (Å²) in [6.07, 6.45) is -4.93. The Morgan fingerprint density at radius 3 is 2.38 bits per heavy atom. The molecule has 1 saturated heterocycles. The number of hydrogen-bond acceptors (Lipinski definition) is 5. The molecule has 2 amide bonds. The molecule has 1 fully saturated rings. The summed E-state index contributed by atoms with van der Waals surface area (Å²) in [7, 11) is -3.81. The molecule has 1 aliphatic heterocycles. The fraction of sp³-hybridized carbons (Fsp3) is 0.300. The maximum absolute atomic E-state index is 12.8. The van der Waals surface area contributed by atoms with Gasteiger partial charge in [0.05, 0.1) is 30.1 Å². The molecule has 3 rings (SSSR count). The van der Waals surface area contributed by atoms with Gasteiger partial charge in [0, 0.05) is 18.7 Å². The molecule has 2 aromatic carbocycles.